The third kappa shape index (κ3) is 10.3. The van der Waals surface area contributed by atoms with Crippen molar-refractivity contribution in [2.75, 3.05) is 32.2 Å². The summed E-state index contributed by atoms with van der Waals surface area (Å²) < 4.78 is 16.4. The largest absolute Gasteiger partial charge is 0.496 e. The second-order valence-electron chi connectivity index (χ2n) is 13.1. The molecule has 11 nitrogen and oxygen atoms in total. The molecule has 12 heteroatoms. The fourth-order valence-electron chi connectivity index (χ4n) is 5.87. The van der Waals surface area contributed by atoms with Gasteiger partial charge in [-0.15, -0.1) is 0 Å². The van der Waals surface area contributed by atoms with E-state index in [4.69, 9.17) is 25.8 Å². The smallest absolute Gasteiger partial charge is 0.412 e. The first-order chi connectivity index (χ1) is 23.3. The standard InChI is InChI=1S/C37H46ClN3O8/c1-37(2,3)49-35(44)39-27-12-14-28(15-13-27)41(36(45)46)31-19-24(11-16-29(31)25-9-7-6-8-10-25)17-18-40(4)34(43)23-48-33-21-32(47-5)26(22-42)20-30(33)38/h6-11,16,19-21,27-28,42H,12-15,17-18,22-23H2,1-5H3,(H,39,44)(H,45,46)/t27-,28-. The van der Waals surface area contributed by atoms with Gasteiger partial charge < -0.3 is 34.6 Å². The predicted molar refractivity (Wildman–Crippen MR) is 189 cm³/mol. The summed E-state index contributed by atoms with van der Waals surface area (Å²) >= 11 is 6.28. The molecule has 0 aliphatic heterocycles. The molecular formula is C37H46ClN3O8. The molecule has 0 bridgehead atoms. The molecule has 264 valence electrons. The van der Waals surface area contributed by atoms with Crippen molar-refractivity contribution in [3.05, 3.63) is 76.8 Å². The van der Waals surface area contributed by atoms with Crippen molar-refractivity contribution in [2.24, 2.45) is 0 Å². The van der Waals surface area contributed by atoms with E-state index in [1.807, 2.05) is 69.3 Å². The summed E-state index contributed by atoms with van der Waals surface area (Å²) in [5, 5.41) is 23.2. The summed E-state index contributed by atoms with van der Waals surface area (Å²) in [5.41, 5.74) is 3.03. The van der Waals surface area contributed by atoms with Crippen LogP contribution in [0.3, 0.4) is 0 Å². The number of hydrogen-bond donors (Lipinski definition) is 3. The molecule has 1 aliphatic rings. The molecule has 0 radical (unpaired) electrons. The molecule has 3 aromatic carbocycles. The highest BCUT2D eigenvalue weighted by molar-refractivity contribution is 6.32. The number of hydrogen-bond acceptors (Lipinski definition) is 7. The van der Waals surface area contributed by atoms with E-state index in [2.05, 4.69) is 5.32 Å². The Morgan fingerprint density at radius 3 is 2.29 bits per heavy atom. The van der Waals surface area contributed by atoms with E-state index in [1.54, 1.807) is 11.9 Å². The molecule has 0 unspecified atom stereocenters. The number of likely N-dealkylation sites (N-methyl/N-ethyl adjacent to an activating group) is 1. The van der Waals surface area contributed by atoms with Crippen molar-refractivity contribution < 1.29 is 38.8 Å². The Kier molecular flexibility index (Phi) is 12.8. The lowest BCUT2D eigenvalue weighted by atomic mass is 9.89. The third-order valence-electron chi connectivity index (χ3n) is 8.41. The van der Waals surface area contributed by atoms with Gasteiger partial charge in [-0.05, 0) is 76.1 Å². The molecule has 0 aromatic heterocycles. The van der Waals surface area contributed by atoms with E-state index < -0.39 is 17.8 Å². The van der Waals surface area contributed by atoms with Gasteiger partial charge in [-0.2, -0.15) is 0 Å². The SMILES string of the molecule is COc1cc(OCC(=O)N(C)CCc2ccc(-c3ccccc3)c(N(C(=O)O)[C@H]3CC[C@H](NC(=O)OC(C)(C)C)CC3)c2)c(Cl)cc1CO. The minimum absolute atomic E-state index is 0.100. The molecule has 0 heterocycles. The number of carbonyl (C=O) groups excluding carboxylic acids is 2. The number of methoxy groups -OCH3 is 1. The topological polar surface area (TPSA) is 138 Å². The van der Waals surface area contributed by atoms with Crippen LogP contribution in [0.1, 0.15) is 57.6 Å². The van der Waals surface area contributed by atoms with Crippen molar-refractivity contribution >= 4 is 35.4 Å². The van der Waals surface area contributed by atoms with E-state index >= 15 is 0 Å². The van der Waals surface area contributed by atoms with Gasteiger partial charge in [0.1, 0.15) is 17.1 Å². The van der Waals surface area contributed by atoms with Crippen LogP contribution in [0.4, 0.5) is 15.3 Å². The molecule has 0 atom stereocenters. The number of nitrogens with zero attached hydrogens (tertiary/aromatic N) is 2. The summed E-state index contributed by atoms with van der Waals surface area (Å²) in [7, 11) is 3.14. The quantitative estimate of drug-likeness (QED) is 0.186. The van der Waals surface area contributed by atoms with Crippen molar-refractivity contribution in [1.82, 2.24) is 10.2 Å². The molecular weight excluding hydrogens is 650 g/mol. The minimum atomic E-state index is -1.05. The van der Waals surface area contributed by atoms with E-state index in [0.717, 1.165) is 16.7 Å². The number of rotatable bonds is 12. The molecule has 49 heavy (non-hydrogen) atoms. The highest BCUT2D eigenvalue weighted by atomic mass is 35.5. The number of aliphatic hydroxyl groups excluding tert-OH is 1. The van der Waals surface area contributed by atoms with E-state index in [9.17, 15) is 24.6 Å². The Morgan fingerprint density at radius 2 is 1.67 bits per heavy atom. The van der Waals surface area contributed by atoms with Gasteiger partial charge in [0, 0.05) is 42.9 Å². The number of alkyl carbamates (subject to hydrolysis) is 1. The van der Waals surface area contributed by atoms with Gasteiger partial charge in [-0.3, -0.25) is 9.69 Å². The lowest BCUT2D eigenvalue weighted by Crippen LogP contribution is -2.47. The number of carbonyl (C=O) groups is 3. The molecule has 3 N–H and O–H groups in total. The van der Waals surface area contributed by atoms with E-state index in [1.165, 1.54) is 24.1 Å². The number of ether oxygens (including phenoxy) is 3. The van der Waals surface area contributed by atoms with Gasteiger partial charge in [-0.25, -0.2) is 9.59 Å². The Hall–Kier alpha value is -4.48. The van der Waals surface area contributed by atoms with Gasteiger partial charge in [-0.1, -0.05) is 54.1 Å². The van der Waals surface area contributed by atoms with Gasteiger partial charge in [0.15, 0.2) is 6.61 Å². The molecule has 0 spiro atoms. The monoisotopic (exact) mass is 695 g/mol. The number of aliphatic hydroxyl groups is 1. The zero-order chi connectivity index (χ0) is 35.7. The predicted octanol–water partition coefficient (Wildman–Crippen LogP) is 6.91. The molecule has 3 aromatic rings. The second kappa shape index (κ2) is 16.8. The molecule has 0 saturated heterocycles. The zero-order valence-corrected chi connectivity index (χ0v) is 29.5. The highest BCUT2D eigenvalue weighted by Gasteiger charge is 2.33. The molecule has 1 saturated carbocycles. The summed E-state index contributed by atoms with van der Waals surface area (Å²) in [6.45, 7) is 5.29. The van der Waals surface area contributed by atoms with Crippen LogP contribution in [0.2, 0.25) is 5.02 Å². The van der Waals surface area contributed by atoms with E-state index in [-0.39, 0.29) is 42.0 Å². The highest BCUT2D eigenvalue weighted by Crippen LogP contribution is 2.37. The average Bonchev–Trinajstić information content (AvgIpc) is 3.06. The van der Waals surface area contributed by atoms with E-state index in [0.29, 0.717) is 55.6 Å². The Bertz CT molecular complexity index is 1600. The number of halogens is 1. The zero-order valence-electron chi connectivity index (χ0n) is 28.7. The van der Waals surface area contributed by atoms with Crippen LogP contribution >= 0.6 is 11.6 Å². The fraction of sp³-hybridized carbons (Fsp3) is 0.432. The molecule has 1 aliphatic carbocycles. The number of anilines is 1. The number of benzene rings is 3. The summed E-state index contributed by atoms with van der Waals surface area (Å²) in [6.07, 6.45) is 1.33. The Morgan fingerprint density at radius 1 is 0.980 bits per heavy atom. The van der Waals surface area contributed by atoms with Crippen LogP contribution in [0.15, 0.2) is 60.7 Å². The Labute approximate surface area is 292 Å². The fourth-order valence-corrected chi connectivity index (χ4v) is 6.11. The first kappa shape index (κ1) is 37.3. The molecule has 3 amide bonds. The van der Waals surface area contributed by atoms with Gasteiger partial charge in [0.25, 0.3) is 5.91 Å². The number of amides is 3. The van der Waals surface area contributed by atoms with Crippen LogP contribution in [0.25, 0.3) is 11.1 Å². The second-order valence-corrected chi connectivity index (χ2v) is 13.5. The summed E-state index contributed by atoms with van der Waals surface area (Å²) in [5.74, 6) is 0.395. The molecule has 4 rings (SSSR count). The van der Waals surface area contributed by atoms with Crippen LogP contribution in [0.5, 0.6) is 11.5 Å². The first-order valence-corrected chi connectivity index (χ1v) is 16.7. The Balaban J connectivity index is 1.47. The van der Waals surface area contributed by atoms with Crippen molar-refractivity contribution in [2.45, 2.75) is 77.2 Å². The van der Waals surface area contributed by atoms with Crippen LogP contribution in [-0.4, -0.2) is 78.2 Å². The maximum Gasteiger partial charge on any atom is 0.412 e. The normalized spacial score (nSPS) is 16.0. The molecule has 1 fully saturated rings. The third-order valence-corrected chi connectivity index (χ3v) is 8.71. The van der Waals surface area contributed by atoms with Crippen LogP contribution < -0.4 is 19.7 Å². The lowest BCUT2D eigenvalue weighted by molar-refractivity contribution is -0.132. The number of nitrogens with one attached hydrogen (secondary N) is 1. The maximum absolute atomic E-state index is 13.0. The van der Waals surface area contributed by atoms with Crippen LogP contribution in [0, 0.1) is 0 Å². The van der Waals surface area contributed by atoms with Crippen molar-refractivity contribution in [3.63, 3.8) is 0 Å². The van der Waals surface area contributed by atoms with Gasteiger partial charge in [0.2, 0.25) is 0 Å². The van der Waals surface area contributed by atoms with Gasteiger partial charge >= 0.3 is 12.2 Å². The summed E-state index contributed by atoms with van der Waals surface area (Å²) in [4.78, 5) is 41.2. The lowest BCUT2D eigenvalue weighted by Gasteiger charge is -2.36. The first-order valence-electron chi connectivity index (χ1n) is 16.3. The average molecular weight is 696 g/mol. The maximum atomic E-state index is 13.0. The minimum Gasteiger partial charge on any atom is -0.496 e. The van der Waals surface area contributed by atoms with Gasteiger partial charge in [0.05, 0.1) is 24.4 Å². The van der Waals surface area contributed by atoms with Crippen molar-refractivity contribution in [1.29, 1.82) is 0 Å². The van der Waals surface area contributed by atoms with Crippen molar-refractivity contribution in [3.8, 4) is 22.6 Å². The van der Waals surface area contributed by atoms with Crippen LogP contribution in [-0.2, 0) is 22.6 Å². The number of carboxylic acid groups (broad SMARTS) is 1. The summed E-state index contributed by atoms with van der Waals surface area (Å²) in [6, 6.07) is 18.1.